The van der Waals surface area contributed by atoms with Crippen molar-refractivity contribution in [3.05, 3.63) is 12.2 Å². The molecule has 0 unspecified atom stereocenters. The van der Waals surface area contributed by atoms with E-state index in [9.17, 15) is 0 Å². The summed E-state index contributed by atoms with van der Waals surface area (Å²) in [4.78, 5) is 0. The second-order valence-electron chi connectivity index (χ2n) is 4.32. The van der Waals surface area contributed by atoms with Crippen LogP contribution in [0.2, 0.25) is 38.3 Å². The second kappa shape index (κ2) is 4.84. The molecule has 0 atom stereocenters. The molecule has 0 rings (SSSR count). The number of hydrogen-bond donors (Lipinski definition) is 0. The highest BCUT2D eigenvalue weighted by molar-refractivity contribution is 7.19. The highest BCUT2D eigenvalue weighted by Crippen LogP contribution is 2.17. The van der Waals surface area contributed by atoms with Crippen LogP contribution in [0.5, 0.6) is 0 Å². The van der Waals surface area contributed by atoms with Crippen molar-refractivity contribution >= 4 is 36.9 Å². The van der Waals surface area contributed by atoms with Crippen LogP contribution in [-0.4, -0.2) is 14.8 Å². The molecule has 0 saturated heterocycles. The number of hydrogen-bond acceptors (Lipinski definition) is 0. The van der Waals surface area contributed by atoms with Gasteiger partial charge in [-0.2, -0.15) is 22.2 Å². The van der Waals surface area contributed by atoms with Crippen LogP contribution < -0.4 is 0 Å². The first kappa shape index (κ1) is 12.8. The van der Waals surface area contributed by atoms with Crippen molar-refractivity contribution < 1.29 is 0 Å². The minimum absolute atomic E-state index is 1.05. The Hall–Kier alpha value is 0.754. The molecule has 0 heterocycles. The fourth-order valence-electron chi connectivity index (χ4n) is 0.727. The van der Waals surface area contributed by atoms with Crippen LogP contribution in [0, 0.1) is 0 Å². The highest BCUT2D eigenvalue weighted by Gasteiger charge is 2.16. The fourth-order valence-corrected chi connectivity index (χ4v) is 2.72. The Kier molecular flexibility index (Phi) is 5.15. The average Bonchev–Trinajstić information content (AvgIpc) is 1.76. The van der Waals surface area contributed by atoms with Gasteiger partial charge in [-0.3, -0.25) is 0 Å². The van der Waals surface area contributed by atoms with Crippen LogP contribution in [0.3, 0.4) is 0 Å². The number of rotatable bonds is 4. The summed E-state index contributed by atoms with van der Waals surface area (Å²) < 4.78 is 0. The van der Waals surface area contributed by atoms with Crippen molar-refractivity contribution in [1.29, 1.82) is 0 Å². The van der Waals surface area contributed by atoms with E-state index >= 15 is 0 Å². The number of halogens is 2. The molecule has 0 fully saturated rings. The maximum Gasteiger partial charge on any atom is 0.154 e. The van der Waals surface area contributed by atoms with Crippen LogP contribution in [0.25, 0.3) is 0 Å². The topological polar surface area (TPSA) is 0 Å². The zero-order valence-electron chi connectivity index (χ0n) is 8.32. The van der Waals surface area contributed by atoms with Crippen molar-refractivity contribution in [3.8, 4) is 0 Å². The molecule has 0 nitrogen and oxygen atoms in total. The van der Waals surface area contributed by atoms with Gasteiger partial charge in [0, 0.05) is 0 Å². The standard InChI is InChI=1S/C8H18Cl2Si2/c1-11(2,9)7-5-6-8-12(3,4)10/h5-6H,7-8H2,1-4H3/b6-5+. The summed E-state index contributed by atoms with van der Waals surface area (Å²) in [6.07, 6.45) is 4.38. The van der Waals surface area contributed by atoms with E-state index in [-0.39, 0.29) is 0 Å². The van der Waals surface area contributed by atoms with Gasteiger partial charge in [0.25, 0.3) is 0 Å². The minimum Gasteiger partial charge on any atom is -0.167 e. The Bertz CT molecular complexity index is 135. The zero-order valence-corrected chi connectivity index (χ0v) is 11.8. The van der Waals surface area contributed by atoms with E-state index in [1.165, 1.54) is 0 Å². The first-order chi connectivity index (χ1) is 5.21. The normalized spacial score (nSPS) is 14.2. The summed E-state index contributed by atoms with van der Waals surface area (Å²) in [6.45, 7) is 8.62. The Labute approximate surface area is 87.4 Å². The predicted octanol–water partition coefficient (Wildman–Crippen LogP) is 4.43. The first-order valence-electron chi connectivity index (χ1n) is 4.23. The molecule has 0 aliphatic rings. The summed E-state index contributed by atoms with van der Waals surface area (Å²) >= 11 is 12.3. The summed E-state index contributed by atoms with van der Waals surface area (Å²) in [5.74, 6) is 0. The van der Waals surface area contributed by atoms with Gasteiger partial charge in [0.2, 0.25) is 0 Å². The van der Waals surface area contributed by atoms with Crippen LogP contribution in [0.15, 0.2) is 12.2 Å². The molecule has 0 spiro atoms. The van der Waals surface area contributed by atoms with Gasteiger partial charge >= 0.3 is 0 Å². The van der Waals surface area contributed by atoms with Gasteiger partial charge in [0.05, 0.1) is 0 Å². The number of allylic oxidation sites excluding steroid dienone is 2. The summed E-state index contributed by atoms with van der Waals surface area (Å²) in [5, 5.41) is 0. The third-order valence-electron chi connectivity index (χ3n) is 1.37. The quantitative estimate of drug-likeness (QED) is 0.388. The molecular weight excluding hydrogens is 223 g/mol. The van der Waals surface area contributed by atoms with Gasteiger partial charge in [0.1, 0.15) is 0 Å². The van der Waals surface area contributed by atoms with Gasteiger partial charge in [-0.15, -0.1) is 0 Å². The first-order valence-corrected chi connectivity index (χ1v) is 12.7. The fraction of sp³-hybridized carbons (Fsp3) is 0.750. The van der Waals surface area contributed by atoms with E-state index in [0.29, 0.717) is 0 Å². The summed E-state index contributed by atoms with van der Waals surface area (Å²) in [5.41, 5.74) is 0. The largest absolute Gasteiger partial charge is 0.167 e. The lowest BCUT2D eigenvalue weighted by atomic mass is 10.6. The Morgan fingerprint density at radius 1 is 0.833 bits per heavy atom. The monoisotopic (exact) mass is 240 g/mol. The Morgan fingerprint density at radius 2 is 1.08 bits per heavy atom. The molecule has 0 aromatic rings. The molecule has 0 N–H and O–H groups in total. The van der Waals surface area contributed by atoms with Crippen molar-refractivity contribution in [2.45, 2.75) is 38.3 Å². The third kappa shape index (κ3) is 10.8. The lowest BCUT2D eigenvalue weighted by Crippen LogP contribution is -2.15. The smallest absolute Gasteiger partial charge is 0.154 e. The van der Waals surface area contributed by atoms with Crippen LogP contribution in [0.1, 0.15) is 0 Å². The maximum atomic E-state index is 6.15. The van der Waals surface area contributed by atoms with E-state index in [4.69, 9.17) is 22.2 Å². The molecule has 0 aliphatic heterocycles. The van der Waals surface area contributed by atoms with Gasteiger partial charge in [-0.25, -0.2) is 0 Å². The third-order valence-corrected chi connectivity index (χ3v) is 4.71. The molecule has 0 amide bonds. The van der Waals surface area contributed by atoms with Crippen LogP contribution in [-0.2, 0) is 0 Å². The van der Waals surface area contributed by atoms with E-state index in [0.717, 1.165) is 12.1 Å². The van der Waals surface area contributed by atoms with Crippen molar-refractivity contribution in [2.75, 3.05) is 0 Å². The Balaban J connectivity index is 3.66. The predicted molar refractivity (Wildman–Crippen MR) is 65.4 cm³/mol. The van der Waals surface area contributed by atoms with Crippen LogP contribution in [0.4, 0.5) is 0 Å². The molecule has 0 radical (unpaired) electrons. The summed E-state index contributed by atoms with van der Waals surface area (Å²) in [6, 6.07) is 2.10. The van der Waals surface area contributed by atoms with E-state index in [2.05, 4.69) is 38.3 Å². The van der Waals surface area contributed by atoms with E-state index < -0.39 is 14.8 Å². The molecular formula is C8H18Cl2Si2. The van der Waals surface area contributed by atoms with E-state index in [1.54, 1.807) is 0 Å². The lowest BCUT2D eigenvalue weighted by molar-refractivity contribution is 1.50. The molecule has 0 aromatic heterocycles. The average molecular weight is 241 g/mol. The van der Waals surface area contributed by atoms with Crippen LogP contribution >= 0.6 is 22.2 Å². The zero-order chi connectivity index (χ0) is 9.83. The van der Waals surface area contributed by atoms with Gasteiger partial charge in [-0.05, 0) is 12.1 Å². The maximum absolute atomic E-state index is 6.15. The molecule has 0 saturated carbocycles. The minimum atomic E-state index is -1.40. The SMILES string of the molecule is C[Si](C)(Cl)C/C=C/C[Si](C)(C)Cl. The highest BCUT2D eigenvalue weighted by atomic mass is 35.6. The molecule has 72 valence electrons. The Morgan fingerprint density at radius 3 is 1.25 bits per heavy atom. The second-order valence-corrected chi connectivity index (χ2v) is 18.1. The van der Waals surface area contributed by atoms with E-state index in [1.807, 2.05) is 0 Å². The molecule has 0 aromatic carbocycles. The van der Waals surface area contributed by atoms with Crippen molar-refractivity contribution in [2.24, 2.45) is 0 Å². The van der Waals surface area contributed by atoms with Crippen molar-refractivity contribution in [1.82, 2.24) is 0 Å². The van der Waals surface area contributed by atoms with Gasteiger partial charge < -0.3 is 0 Å². The lowest BCUT2D eigenvalue weighted by Gasteiger charge is -2.10. The molecule has 12 heavy (non-hydrogen) atoms. The molecule has 0 aliphatic carbocycles. The van der Waals surface area contributed by atoms with Gasteiger partial charge in [-0.1, -0.05) is 38.3 Å². The van der Waals surface area contributed by atoms with Gasteiger partial charge in [0.15, 0.2) is 14.8 Å². The van der Waals surface area contributed by atoms with Crippen molar-refractivity contribution in [3.63, 3.8) is 0 Å². The molecule has 0 bridgehead atoms. The molecule has 4 heteroatoms. The summed E-state index contributed by atoms with van der Waals surface area (Å²) in [7, 11) is -2.79.